The first-order valence-corrected chi connectivity index (χ1v) is 8.40. The van der Waals surface area contributed by atoms with Gasteiger partial charge in [0.05, 0.1) is 5.69 Å². The number of aromatic nitrogens is 2. The Hall–Kier alpha value is -1.61. The zero-order chi connectivity index (χ0) is 15.5. The number of hydrogen-bond donors (Lipinski definition) is 0. The van der Waals surface area contributed by atoms with Gasteiger partial charge in [-0.05, 0) is 69.8 Å². The molecule has 0 atom stereocenters. The van der Waals surface area contributed by atoms with Crippen molar-refractivity contribution >= 4 is 0 Å². The highest BCUT2D eigenvalue weighted by molar-refractivity contribution is 5.25. The lowest BCUT2D eigenvalue weighted by Crippen LogP contribution is -2.35. The second kappa shape index (κ2) is 6.66. The van der Waals surface area contributed by atoms with E-state index in [1.807, 2.05) is 0 Å². The number of aryl methyl sites for hydroxylation is 3. The lowest BCUT2D eigenvalue weighted by atomic mass is 9.96. The summed E-state index contributed by atoms with van der Waals surface area (Å²) in [5, 5.41) is 4.61. The molecule has 0 N–H and O–H groups in total. The Morgan fingerprint density at radius 2 is 1.82 bits per heavy atom. The van der Waals surface area contributed by atoms with E-state index in [4.69, 9.17) is 0 Å². The Morgan fingerprint density at radius 3 is 2.45 bits per heavy atom. The molecule has 3 rings (SSSR count). The number of nitrogens with zero attached hydrogens (tertiary/aromatic N) is 3. The molecule has 22 heavy (non-hydrogen) atoms. The number of piperidine rings is 1. The summed E-state index contributed by atoms with van der Waals surface area (Å²) in [6.07, 6.45) is 2.56. The molecule has 1 aromatic carbocycles. The average Bonchev–Trinajstić information content (AvgIpc) is 2.81. The maximum atomic E-state index is 4.61. The molecule has 0 spiro atoms. The lowest BCUT2D eigenvalue weighted by Gasteiger charge is -2.32. The normalized spacial score (nSPS) is 17.0. The van der Waals surface area contributed by atoms with Crippen LogP contribution in [0.3, 0.4) is 0 Å². The molecule has 2 aromatic rings. The van der Waals surface area contributed by atoms with Crippen molar-refractivity contribution in [2.45, 2.75) is 46.7 Å². The van der Waals surface area contributed by atoms with Gasteiger partial charge in [0.25, 0.3) is 0 Å². The van der Waals surface area contributed by atoms with Gasteiger partial charge in [-0.2, -0.15) is 5.10 Å². The average molecular weight is 297 g/mol. The number of hydrogen-bond acceptors (Lipinski definition) is 2. The van der Waals surface area contributed by atoms with Gasteiger partial charge >= 0.3 is 0 Å². The minimum atomic E-state index is 0.770. The Bertz CT molecular complexity index is 621. The van der Waals surface area contributed by atoms with Crippen molar-refractivity contribution in [1.82, 2.24) is 14.7 Å². The molecule has 118 valence electrons. The van der Waals surface area contributed by atoms with Gasteiger partial charge in [0, 0.05) is 18.8 Å². The molecule has 3 nitrogen and oxygen atoms in total. The molecule has 1 aromatic heterocycles. The van der Waals surface area contributed by atoms with E-state index >= 15 is 0 Å². The molecule has 0 bridgehead atoms. The van der Waals surface area contributed by atoms with Crippen LogP contribution in [-0.2, 0) is 13.1 Å². The summed E-state index contributed by atoms with van der Waals surface area (Å²) >= 11 is 0. The molecular formula is C19H27N3. The van der Waals surface area contributed by atoms with Crippen molar-refractivity contribution in [3.8, 4) is 0 Å². The zero-order valence-corrected chi connectivity index (χ0v) is 14.0. The fourth-order valence-corrected chi connectivity index (χ4v) is 3.46. The Balaban J connectivity index is 1.52. The van der Waals surface area contributed by atoms with Crippen LogP contribution in [0.2, 0.25) is 0 Å². The van der Waals surface area contributed by atoms with Crippen molar-refractivity contribution in [2.24, 2.45) is 5.92 Å². The van der Waals surface area contributed by atoms with E-state index in [9.17, 15) is 0 Å². The highest BCUT2D eigenvalue weighted by atomic mass is 15.3. The van der Waals surface area contributed by atoms with Gasteiger partial charge < -0.3 is 0 Å². The Labute approximate surface area is 133 Å². The van der Waals surface area contributed by atoms with Crippen LogP contribution in [0, 0.1) is 26.7 Å². The third-order valence-corrected chi connectivity index (χ3v) is 4.90. The molecule has 1 aliphatic heterocycles. The van der Waals surface area contributed by atoms with Gasteiger partial charge in [-0.3, -0.25) is 9.58 Å². The third kappa shape index (κ3) is 3.58. The summed E-state index contributed by atoms with van der Waals surface area (Å²) in [7, 11) is 0. The van der Waals surface area contributed by atoms with Crippen LogP contribution in [-0.4, -0.2) is 27.8 Å². The van der Waals surface area contributed by atoms with Crippen LogP contribution in [0.15, 0.2) is 30.3 Å². The van der Waals surface area contributed by atoms with E-state index in [-0.39, 0.29) is 0 Å². The molecule has 0 aliphatic carbocycles. The van der Waals surface area contributed by atoms with Crippen LogP contribution in [0.4, 0.5) is 0 Å². The monoisotopic (exact) mass is 297 g/mol. The second-order valence-corrected chi connectivity index (χ2v) is 6.76. The SMILES string of the molecule is Cc1cc(C)n(CC2CCN(Cc3ccccc3C)CC2)n1. The molecule has 0 radical (unpaired) electrons. The number of likely N-dealkylation sites (tertiary alicyclic amines) is 1. The number of benzene rings is 1. The van der Waals surface area contributed by atoms with Crippen molar-refractivity contribution in [2.75, 3.05) is 13.1 Å². The molecule has 0 amide bonds. The van der Waals surface area contributed by atoms with E-state index in [1.165, 1.54) is 42.8 Å². The maximum absolute atomic E-state index is 4.61. The van der Waals surface area contributed by atoms with Crippen LogP contribution < -0.4 is 0 Å². The first-order valence-electron chi connectivity index (χ1n) is 8.40. The topological polar surface area (TPSA) is 21.1 Å². The standard InChI is InChI=1S/C19H27N3/c1-15-6-4-5-7-19(15)14-21-10-8-18(9-11-21)13-22-17(3)12-16(2)20-22/h4-7,12,18H,8-11,13-14H2,1-3H3. The Kier molecular flexibility index (Phi) is 4.63. The maximum Gasteiger partial charge on any atom is 0.0596 e. The van der Waals surface area contributed by atoms with Gasteiger partial charge in [0.2, 0.25) is 0 Å². The van der Waals surface area contributed by atoms with E-state index in [2.05, 4.69) is 65.8 Å². The second-order valence-electron chi connectivity index (χ2n) is 6.76. The van der Waals surface area contributed by atoms with Crippen LogP contribution in [0.5, 0.6) is 0 Å². The van der Waals surface area contributed by atoms with E-state index in [0.717, 1.165) is 24.7 Å². The summed E-state index contributed by atoms with van der Waals surface area (Å²) in [6, 6.07) is 10.9. The highest BCUT2D eigenvalue weighted by Gasteiger charge is 2.20. The zero-order valence-electron chi connectivity index (χ0n) is 14.0. The fraction of sp³-hybridized carbons (Fsp3) is 0.526. The van der Waals surface area contributed by atoms with E-state index in [1.54, 1.807) is 0 Å². The van der Waals surface area contributed by atoms with Crippen LogP contribution >= 0.6 is 0 Å². The van der Waals surface area contributed by atoms with Crippen LogP contribution in [0.1, 0.15) is 35.4 Å². The minimum absolute atomic E-state index is 0.770. The van der Waals surface area contributed by atoms with E-state index in [0.29, 0.717) is 0 Å². The van der Waals surface area contributed by atoms with Gasteiger partial charge in [0.15, 0.2) is 0 Å². The first-order chi connectivity index (χ1) is 10.6. The molecule has 0 saturated carbocycles. The van der Waals surface area contributed by atoms with Gasteiger partial charge in [-0.1, -0.05) is 24.3 Å². The van der Waals surface area contributed by atoms with Crippen molar-refractivity contribution in [1.29, 1.82) is 0 Å². The summed E-state index contributed by atoms with van der Waals surface area (Å²) in [6.45, 7) is 11.0. The summed E-state index contributed by atoms with van der Waals surface area (Å²) in [5.74, 6) is 0.770. The highest BCUT2D eigenvalue weighted by Crippen LogP contribution is 2.22. The van der Waals surface area contributed by atoms with Crippen LogP contribution in [0.25, 0.3) is 0 Å². The molecule has 1 aliphatic rings. The first kappa shape index (κ1) is 15.3. The molecular weight excluding hydrogens is 270 g/mol. The minimum Gasteiger partial charge on any atom is -0.299 e. The van der Waals surface area contributed by atoms with Gasteiger partial charge in [-0.25, -0.2) is 0 Å². The summed E-state index contributed by atoms with van der Waals surface area (Å²) in [5.41, 5.74) is 5.31. The predicted octanol–water partition coefficient (Wildman–Crippen LogP) is 3.72. The predicted molar refractivity (Wildman–Crippen MR) is 90.9 cm³/mol. The van der Waals surface area contributed by atoms with Crippen molar-refractivity contribution in [3.05, 3.63) is 52.8 Å². The lowest BCUT2D eigenvalue weighted by molar-refractivity contribution is 0.164. The fourth-order valence-electron chi connectivity index (χ4n) is 3.46. The molecule has 0 unspecified atom stereocenters. The van der Waals surface area contributed by atoms with Gasteiger partial charge in [-0.15, -0.1) is 0 Å². The Morgan fingerprint density at radius 1 is 1.09 bits per heavy atom. The smallest absolute Gasteiger partial charge is 0.0596 e. The van der Waals surface area contributed by atoms with Gasteiger partial charge in [0.1, 0.15) is 0 Å². The number of rotatable bonds is 4. The molecule has 1 fully saturated rings. The third-order valence-electron chi connectivity index (χ3n) is 4.90. The summed E-state index contributed by atoms with van der Waals surface area (Å²) in [4.78, 5) is 2.60. The quantitative estimate of drug-likeness (QED) is 0.857. The molecule has 1 saturated heterocycles. The largest absolute Gasteiger partial charge is 0.299 e. The van der Waals surface area contributed by atoms with Crippen molar-refractivity contribution in [3.63, 3.8) is 0 Å². The summed E-state index contributed by atoms with van der Waals surface area (Å²) < 4.78 is 2.19. The van der Waals surface area contributed by atoms with E-state index < -0.39 is 0 Å². The molecule has 3 heteroatoms. The van der Waals surface area contributed by atoms with Crippen molar-refractivity contribution < 1.29 is 0 Å². The molecule has 2 heterocycles.